The lowest BCUT2D eigenvalue weighted by molar-refractivity contribution is 1.13. The van der Waals surface area contributed by atoms with Crippen LogP contribution in [0, 0.1) is 0 Å². The van der Waals surface area contributed by atoms with Crippen LogP contribution < -0.4 is 11.1 Å². The van der Waals surface area contributed by atoms with Crippen molar-refractivity contribution in [3.63, 3.8) is 0 Å². The highest BCUT2D eigenvalue weighted by Crippen LogP contribution is 2.02. The summed E-state index contributed by atoms with van der Waals surface area (Å²) >= 11 is 1.79. The molecule has 0 saturated carbocycles. The molecule has 4 nitrogen and oxygen atoms in total. The first-order valence-corrected chi connectivity index (χ1v) is 5.03. The number of nitrogens with two attached hydrogens (primary N) is 1. The Balaban J connectivity index is 2.41. The molecular weight excluding hydrogens is 172 g/mol. The molecule has 0 aliphatic carbocycles. The molecule has 66 valence electrons. The first kappa shape index (κ1) is 9.12. The molecule has 0 unspecified atom stereocenters. The van der Waals surface area contributed by atoms with E-state index in [-0.39, 0.29) is 0 Å². The van der Waals surface area contributed by atoms with E-state index in [2.05, 4.69) is 21.5 Å². The van der Waals surface area contributed by atoms with E-state index in [1.807, 2.05) is 0 Å². The fourth-order valence-corrected chi connectivity index (χ4v) is 1.06. The van der Waals surface area contributed by atoms with Gasteiger partial charge in [0.05, 0.1) is 0 Å². The van der Waals surface area contributed by atoms with Gasteiger partial charge in [0.15, 0.2) is 0 Å². The van der Waals surface area contributed by atoms with Gasteiger partial charge in [-0.25, -0.2) is 4.98 Å². The van der Waals surface area contributed by atoms with Crippen LogP contribution in [0.5, 0.6) is 0 Å². The van der Waals surface area contributed by atoms with Crippen LogP contribution in [0.2, 0.25) is 0 Å². The van der Waals surface area contributed by atoms with Crippen molar-refractivity contribution in [2.24, 2.45) is 0 Å². The van der Waals surface area contributed by atoms with Crippen molar-refractivity contribution in [2.75, 3.05) is 29.6 Å². The average Bonchev–Trinajstić information content (AvgIpc) is 2.05. The Morgan fingerprint density at radius 2 is 2.50 bits per heavy atom. The summed E-state index contributed by atoms with van der Waals surface area (Å²) in [6, 6.07) is 1.80. The van der Waals surface area contributed by atoms with Crippen LogP contribution in [0.4, 0.5) is 11.8 Å². The van der Waals surface area contributed by atoms with E-state index in [1.165, 1.54) is 0 Å². The van der Waals surface area contributed by atoms with E-state index in [0.717, 1.165) is 18.1 Å². The number of aromatic nitrogens is 2. The number of rotatable bonds is 4. The predicted octanol–water partition coefficient (Wildman–Crippen LogP) is 0.834. The first-order chi connectivity index (χ1) is 5.83. The van der Waals surface area contributed by atoms with Gasteiger partial charge in [-0.15, -0.1) is 0 Å². The highest BCUT2D eigenvalue weighted by atomic mass is 32.2. The molecule has 0 bridgehead atoms. The third-order valence-electron chi connectivity index (χ3n) is 1.29. The molecule has 1 heterocycles. The van der Waals surface area contributed by atoms with Crippen LogP contribution in [-0.4, -0.2) is 28.5 Å². The number of hydrogen-bond donors (Lipinski definition) is 2. The van der Waals surface area contributed by atoms with Gasteiger partial charge >= 0.3 is 0 Å². The topological polar surface area (TPSA) is 63.8 Å². The van der Waals surface area contributed by atoms with Gasteiger partial charge in [0.2, 0.25) is 5.95 Å². The maximum Gasteiger partial charge on any atom is 0.221 e. The minimum atomic E-state index is 0.309. The second-order valence-electron chi connectivity index (χ2n) is 2.22. The zero-order valence-corrected chi connectivity index (χ0v) is 7.77. The molecule has 1 aromatic rings. The zero-order chi connectivity index (χ0) is 8.81. The minimum absolute atomic E-state index is 0.309. The highest BCUT2D eigenvalue weighted by Gasteiger charge is 1.92. The SMILES string of the molecule is CSCCNc1ccnc(N)n1. The van der Waals surface area contributed by atoms with E-state index in [0.29, 0.717) is 5.95 Å². The van der Waals surface area contributed by atoms with Crippen molar-refractivity contribution >= 4 is 23.5 Å². The van der Waals surface area contributed by atoms with Crippen LogP contribution in [0.3, 0.4) is 0 Å². The Kier molecular flexibility index (Phi) is 3.66. The molecule has 0 atom stereocenters. The standard InChI is InChI=1S/C7H12N4S/c1-12-5-4-9-6-2-3-10-7(8)11-6/h2-3H,4-5H2,1H3,(H3,8,9,10,11). The second-order valence-corrected chi connectivity index (χ2v) is 3.21. The molecule has 3 N–H and O–H groups in total. The Morgan fingerprint density at radius 3 is 3.17 bits per heavy atom. The fraction of sp³-hybridized carbons (Fsp3) is 0.429. The molecule has 0 aliphatic rings. The quantitative estimate of drug-likeness (QED) is 0.679. The first-order valence-electron chi connectivity index (χ1n) is 3.64. The van der Waals surface area contributed by atoms with Crippen molar-refractivity contribution in [1.82, 2.24) is 9.97 Å². The average molecular weight is 184 g/mol. The van der Waals surface area contributed by atoms with Gasteiger partial charge in [0.25, 0.3) is 0 Å². The Bertz CT molecular complexity index is 241. The number of nitrogens with one attached hydrogen (secondary N) is 1. The van der Waals surface area contributed by atoms with Gasteiger partial charge in [0, 0.05) is 18.5 Å². The Labute approximate surface area is 76.0 Å². The second kappa shape index (κ2) is 4.82. The van der Waals surface area contributed by atoms with Crippen LogP contribution in [0.15, 0.2) is 12.3 Å². The Morgan fingerprint density at radius 1 is 1.67 bits per heavy atom. The summed E-state index contributed by atoms with van der Waals surface area (Å²) in [6.07, 6.45) is 3.71. The van der Waals surface area contributed by atoms with Crippen molar-refractivity contribution in [3.8, 4) is 0 Å². The summed E-state index contributed by atoms with van der Waals surface area (Å²) < 4.78 is 0. The molecule has 12 heavy (non-hydrogen) atoms. The molecular formula is C7H12N4S. The molecule has 0 fully saturated rings. The zero-order valence-electron chi connectivity index (χ0n) is 6.95. The van der Waals surface area contributed by atoms with Gasteiger partial charge in [0.1, 0.15) is 5.82 Å². The van der Waals surface area contributed by atoms with Crippen molar-refractivity contribution in [1.29, 1.82) is 0 Å². The van der Waals surface area contributed by atoms with Gasteiger partial charge in [-0.2, -0.15) is 16.7 Å². The van der Waals surface area contributed by atoms with Gasteiger partial charge in [-0.1, -0.05) is 0 Å². The monoisotopic (exact) mass is 184 g/mol. The highest BCUT2D eigenvalue weighted by molar-refractivity contribution is 7.98. The summed E-state index contributed by atoms with van der Waals surface area (Å²) in [6.45, 7) is 0.900. The van der Waals surface area contributed by atoms with E-state index in [9.17, 15) is 0 Å². The van der Waals surface area contributed by atoms with Gasteiger partial charge in [-0.05, 0) is 12.3 Å². The van der Waals surface area contributed by atoms with Crippen molar-refractivity contribution in [3.05, 3.63) is 12.3 Å². The lowest BCUT2D eigenvalue weighted by Gasteiger charge is -2.03. The molecule has 0 saturated heterocycles. The summed E-state index contributed by atoms with van der Waals surface area (Å²) in [4.78, 5) is 7.78. The number of hydrogen-bond acceptors (Lipinski definition) is 5. The maximum absolute atomic E-state index is 5.40. The van der Waals surface area contributed by atoms with Crippen molar-refractivity contribution < 1.29 is 0 Å². The number of nitrogens with zero attached hydrogens (tertiary/aromatic N) is 2. The van der Waals surface area contributed by atoms with Crippen molar-refractivity contribution in [2.45, 2.75) is 0 Å². The lowest BCUT2D eigenvalue weighted by Crippen LogP contribution is -2.06. The van der Waals surface area contributed by atoms with Gasteiger partial charge in [-0.3, -0.25) is 0 Å². The predicted molar refractivity (Wildman–Crippen MR) is 53.3 cm³/mol. The third kappa shape index (κ3) is 2.96. The molecule has 1 aromatic heterocycles. The Hall–Kier alpha value is -0.970. The third-order valence-corrected chi connectivity index (χ3v) is 1.90. The molecule has 0 radical (unpaired) electrons. The van der Waals surface area contributed by atoms with Crippen LogP contribution in [0.1, 0.15) is 0 Å². The minimum Gasteiger partial charge on any atom is -0.369 e. The smallest absolute Gasteiger partial charge is 0.221 e. The van der Waals surface area contributed by atoms with E-state index in [1.54, 1.807) is 24.0 Å². The summed E-state index contributed by atoms with van der Waals surface area (Å²) in [5, 5.41) is 3.13. The summed E-state index contributed by atoms with van der Waals surface area (Å²) in [7, 11) is 0. The number of anilines is 2. The van der Waals surface area contributed by atoms with E-state index >= 15 is 0 Å². The molecule has 0 amide bonds. The molecule has 0 spiro atoms. The fourth-order valence-electron chi connectivity index (χ4n) is 0.753. The normalized spacial score (nSPS) is 9.75. The molecule has 5 heteroatoms. The van der Waals surface area contributed by atoms with E-state index in [4.69, 9.17) is 5.73 Å². The largest absolute Gasteiger partial charge is 0.369 e. The van der Waals surface area contributed by atoms with Crippen LogP contribution in [-0.2, 0) is 0 Å². The lowest BCUT2D eigenvalue weighted by atomic mass is 10.5. The maximum atomic E-state index is 5.40. The van der Waals surface area contributed by atoms with E-state index < -0.39 is 0 Å². The number of nitrogen functional groups attached to an aromatic ring is 1. The molecule has 1 rings (SSSR count). The number of thioether (sulfide) groups is 1. The van der Waals surface area contributed by atoms with Crippen LogP contribution >= 0.6 is 11.8 Å². The summed E-state index contributed by atoms with van der Waals surface area (Å²) in [5.41, 5.74) is 5.40. The molecule has 0 aromatic carbocycles. The van der Waals surface area contributed by atoms with Gasteiger partial charge < -0.3 is 11.1 Å². The van der Waals surface area contributed by atoms with Crippen LogP contribution in [0.25, 0.3) is 0 Å². The molecule has 0 aliphatic heterocycles. The summed E-state index contributed by atoms with van der Waals surface area (Å²) in [5.74, 6) is 2.16.